The van der Waals surface area contributed by atoms with Crippen LogP contribution < -0.4 is 5.32 Å². The smallest absolute Gasteiger partial charge is 0.257 e. The van der Waals surface area contributed by atoms with E-state index in [0.29, 0.717) is 11.1 Å². The van der Waals surface area contributed by atoms with Gasteiger partial charge >= 0.3 is 0 Å². The van der Waals surface area contributed by atoms with Crippen molar-refractivity contribution in [3.8, 4) is 0 Å². The van der Waals surface area contributed by atoms with E-state index in [1.165, 1.54) is 32.5 Å². The lowest BCUT2D eigenvalue weighted by atomic mass is 10.1. The van der Waals surface area contributed by atoms with Crippen LogP contribution in [0.15, 0.2) is 41.3 Å². The Balaban J connectivity index is 2.72. The maximum absolute atomic E-state index is 11.9. The van der Waals surface area contributed by atoms with Crippen molar-refractivity contribution in [2.45, 2.75) is 13.0 Å². The molecule has 0 aliphatic heterocycles. The molecule has 1 atom stereocenters. The van der Waals surface area contributed by atoms with Gasteiger partial charge in [-0.15, -0.1) is 0 Å². The van der Waals surface area contributed by atoms with Crippen LogP contribution in [-0.2, 0) is 4.74 Å². The second-order valence-electron chi connectivity index (χ2n) is 4.66. The van der Waals surface area contributed by atoms with E-state index < -0.39 is 16.9 Å². The first-order chi connectivity index (χ1) is 11.0. The van der Waals surface area contributed by atoms with Gasteiger partial charge in [-0.1, -0.05) is 5.16 Å². The summed E-state index contributed by atoms with van der Waals surface area (Å²) in [5, 5.41) is 25.5. The van der Waals surface area contributed by atoms with Crippen LogP contribution in [0, 0.1) is 10.1 Å². The summed E-state index contributed by atoms with van der Waals surface area (Å²) in [6.07, 6.45) is 4.28. The number of carbonyl (C=O) groups excluding carboxylic acids is 1. The molecule has 0 saturated heterocycles. The first kappa shape index (κ1) is 18.2. The summed E-state index contributed by atoms with van der Waals surface area (Å²) in [6.45, 7) is 1.34. The maximum atomic E-state index is 11.9. The Morgan fingerprint density at radius 2 is 2.39 bits per heavy atom. The standard InChI is InChI=1S/C14H18N4O5/c1-10(13(9-23-2)18(21)22)6-12(17-20)8-16-14(19)11-4-3-5-15-7-11/h3-7,13,20H,8-9H2,1-2H3,(H,16,19)/b10-6+,17-12-. The minimum Gasteiger partial charge on any atom is -0.411 e. The number of amides is 1. The van der Waals surface area contributed by atoms with E-state index in [9.17, 15) is 14.9 Å². The minimum absolute atomic E-state index is 0.0843. The third-order valence-corrected chi connectivity index (χ3v) is 2.98. The Morgan fingerprint density at radius 3 is 2.91 bits per heavy atom. The van der Waals surface area contributed by atoms with Gasteiger partial charge in [-0.05, 0) is 25.1 Å². The Kier molecular flexibility index (Phi) is 7.34. The van der Waals surface area contributed by atoms with Crippen molar-refractivity contribution >= 4 is 11.6 Å². The van der Waals surface area contributed by atoms with Crippen molar-refractivity contribution in [2.75, 3.05) is 20.3 Å². The minimum atomic E-state index is -1.05. The van der Waals surface area contributed by atoms with E-state index in [4.69, 9.17) is 9.94 Å². The van der Waals surface area contributed by atoms with Gasteiger partial charge in [0.25, 0.3) is 11.9 Å². The number of aromatic nitrogens is 1. The Hall–Kier alpha value is -2.81. The summed E-state index contributed by atoms with van der Waals surface area (Å²) < 4.78 is 4.80. The van der Waals surface area contributed by atoms with Crippen LogP contribution in [0.2, 0.25) is 0 Å². The molecule has 0 bridgehead atoms. The fourth-order valence-electron chi connectivity index (χ4n) is 1.76. The highest BCUT2D eigenvalue weighted by Gasteiger charge is 2.22. The van der Waals surface area contributed by atoms with E-state index in [2.05, 4.69) is 15.5 Å². The molecule has 0 radical (unpaired) electrons. The average Bonchev–Trinajstić information content (AvgIpc) is 2.56. The molecule has 23 heavy (non-hydrogen) atoms. The molecule has 124 valence electrons. The molecule has 9 heteroatoms. The van der Waals surface area contributed by atoms with Gasteiger partial charge in [-0.2, -0.15) is 0 Å². The van der Waals surface area contributed by atoms with Gasteiger partial charge in [0, 0.05) is 30.0 Å². The predicted molar refractivity (Wildman–Crippen MR) is 82.2 cm³/mol. The number of nitrogens with zero attached hydrogens (tertiary/aromatic N) is 3. The predicted octanol–water partition coefficient (Wildman–Crippen LogP) is 0.880. The van der Waals surface area contributed by atoms with Crippen LogP contribution in [0.5, 0.6) is 0 Å². The molecular weight excluding hydrogens is 304 g/mol. The number of methoxy groups -OCH3 is 1. The third-order valence-electron chi connectivity index (χ3n) is 2.98. The van der Waals surface area contributed by atoms with Crippen molar-refractivity contribution in [2.24, 2.45) is 5.16 Å². The molecule has 2 N–H and O–H groups in total. The SMILES string of the molecule is COCC(/C(C)=C/C(CNC(=O)c1cccnc1)=N/O)[N+](=O)[O-]. The third kappa shape index (κ3) is 5.83. The number of pyridine rings is 1. The van der Waals surface area contributed by atoms with Gasteiger partial charge in [0.1, 0.15) is 6.61 Å². The van der Waals surface area contributed by atoms with E-state index in [-0.39, 0.29) is 18.9 Å². The molecule has 1 aromatic rings. The maximum Gasteiger partial charge on any atom is 0.257 e. The van der Waals surface area contributed by atoms with Crippen molar-refractivity contribution in [1.82, 2.24) is 10.3 Å². The second-order valence-corrected chi connectivity index (χ2v) is 4.66. The number of hydrogen-bond donors (Lipinski definition) is 2. The molecule has 1 heterocycles. The quantitative estimate of drug-likeness (QED) is 0.316. The number of nitro groups is 1. The number of ether oxygens (including phenoxy) is 1. The van der Waals surface area contributed by atoms with E-state index in [0.717, 1.165) is 0 Å². The number of hydrogen-bond acceptors (Lipinski definition) is 7. The van der Waals surface area contributed by atoms with E-state index >= 15 is 0 Å². The summed E-state index contributed by atoms with van der Waals surface area (Å²) >= 11 is 0. The summed E-state index contributed by atoms with van der Waals surface area (Å²) in [5.74, 6) is -0.395. The van der Waals surface area contributed by atoms with Crippen LogP contribution in [0.1, 0.15) is 17.3 Å². The number of rotatable bonds is 8. The highest BCUT2D eigenvalue weighted by atomic mass is 16.6. The summed E-state index contributed by atoms with van der Waals surface area (Å²) in [5.41, 5.74) is 0.788. The van der Waals surface area contributed by atoms with Crippen molar-refractivity contribution in [1.29, 1.82) is 0 Å². The highest BCUT2D eigenvalue weighted by molar-refractivity contribution is 6.01. The number of nitrogens with one attached hydrogen (secondary N) is 1. The highest BCUT2D eigenvalue weighted by Crippen LogP contribution is 2.06. The Labute approximate surface area is 132 Å². The monoisotopic (exact) mass is 322 g/mol. The van der Waals surface area contributed by atoms with Gasteiger partial charge in [0.15, 0.2) is 0 Å². The zero-order chi connectivity index (χ0) is 17.2. The zero-order valence-corrected chi connectivity index (χ0v) is 12.8. The van der Waals surface area contributed by atoms with Crippen LogP contribution in [0.4, 0.5) is 0 Å². The summed E-state index contributed by atoms with van der Waals surface area (Å²) in [7, 11) is 1.36. The lowest BCUT2D eigenvalue weighted by Gasteiger charge is -2.10. The molecule has 1 unspecified atom stereocenters. The largest absolute Gasteiger partial charge is 0.411 e. The summed E-state index contributed by atoms with van der Waals surface area (Å²) in [4.78, 5) is 26.2. The van der Waals surface area contributed by atoms with Crippen molar-refractivity contribution in [3.05, 3.63) is 51.9 Å². The zero-order valence-electron chi connectivity index (χ0n) is 12.8. The molecule has 0 aliphatic carbocycles. The van der Waals surface area contributed by atoms with Crippen molar-refractivity contribution < 1.29 is 19.7 Å². The topological polar surface area (TPSA) is 127 Å². The first-order valence-corrected chi connectivity index (χ1v) is 6.69. The van der Waals surface area contributed by atoms with Gasteiger partial charge in [0.05, 0.1) is 17.8 Å². The lowest BCUT2D eigenvalue weighted by Crippen LogP contribution is -2.30. The van der Waals surface area contributed by atoms with Gasteiger partial charge in [-0.3, -0.25) is 19.9 Å². The molecule has 1 amide bonds. The molecule has 0 fully saturated rings. The van der Waals surface area contributed by atoms with Crippen LogP contribution in [0.3, 0.4) is 0 Å². The Morgan fingerprint density at radius 1 is 1.65 bits per heavy atom. The molecule has 1 rings (SSSR count). The molecule has 0 aliphatic rings. The fraction of sp³-hybridized carbons (Fsp3) is 0.357. The number of carbonyl (C=O) groups is 1. The van der Waals surface area contributed by atoms with E-state index in [1.54, 1.807) is 12.1 Å². The molecule has 9 nitrogen and oxygen atoms in total. The summed E-state index contributed by atoms with van der Waals surface area (Å²) in [6, 6.07) is 2.15. The molecule has 0 aromatic carbocycles. The lowest BCUT2D eigenvalue weighted by molar-refractivity contribution is -0.515. The molecule has 0 saturated carbocycles. The molecule has 1 aromatic heterocycles. The van der Waals surface area contributed by atoms with Crippen LogP contribution in [0.25, 0.3) is 0 Å². The first-order valence-electron chi connectivity index (χ1n) is 6.69. The normalized spacial score (nSPS) is 13.5. The average molecular weight is 322 g/mol. The fourth-order valence-corrected chi connectivity index (χ4v) is 1.76. The van der Waals surface area contributed by atoms with Gasteiger partial charge < -0.3 is 15.3 Å². The van der Waals surface area contributed by atoms with Gasteiger partial charge in [0.2, 0.25) is 0 Å². The Bertz CT molecular complexity index is 600. The second kappa shape index (κ2) is 9.26. The van der Waals surface area contributed by atoms with Crippen LogP contribution >= 0.6 is 0 Å². The van der Waals surface area contributed by atoms with E-state index in [1.807, 2.05) is 0 Å². The number of oxime groups is 1. The van der Waals surface area contributed by atoms with Gasteiger partial charge in [-0.25, -0.2) is 0 Å². The van der Waals surface area contributed by atoms with Crippen LogP contribution in [-0.4, -0.2) is 53.0 Å². The van der Waals surface area contributed by atoms with Crippen molar-refractivity contribution in [3.63, 3.8) is 0 Å². The molecular formula is C14H18N4O5. The molecule has 0 spiro atoms.